The molecule has 0 aliphatic carbocycles. The number of hydrogen-bond acceptors (Lipinski definition) is 3. The summed E-state index contributed by atoms with van der Waals surface area (Å²) in [6, 6.07) is 5.68. The number of amides is 2. The van der Waals surface area contributed by atoms with E-state index in [1.54, 1.807) is 31.3 Å². The monoisotopic (exact) mass is 280 g/mol. The van der Waals surface area contributed by atoms with Gasteiger partial charge in [0.05, 0.1) is 12.8 Å². The fourth-order valence-corrected chi connectivity index (χ4v) is 1.81. The van der Waals surface area contributed by atoms with Gasteiger partial charge in [-0.2, -0.15) is 0 Å². The highest BCUT2D eigenvalue weighted by atomic mass is 16.5. The van der Waals surface area contributed by atoms with Crippen molar-refractivity contribution in [1.29, 1.82) is 0 Å². The van der Waals surface area contributed by atoms with Crippen LogP contribution in [0.4, 0.5) is 10.5 Å². The Labute approximate surface area is 118 Å². The van der Waals surface area contributed by atoms with Gasteiger partial charge >= 0.3 is 12.0 Å². The molecule has 1 aromatic rings. The number of aliphatic carboxylic acids is 1. The zero-order valence-electron chi connectivity index (χ0n) is 11.9. The number of carboxylic acids is 1. The minimum absolute atomic E-state index is 0.390. The number of nitrogens with one attached hydrogen (secondary N) is 1. The van der Waals surface area contributed by atoms with Gasteiger partial charge < -0.3 is 15.2 Å². The molecule has 0 saturated carbocycles. The van der Waals surface area contributed by atoms with Crippen molar-refractivity contribution in [3.05, 3.63) is 24.3 Å². The second kappa shape index (κ2) is 7.37. The zero-order chi connectivity index (χ0) is 15.1. The third-order valence-electron chi connectivity index (χ3n) is 2.92. The molecule has 0 heterocycles. The average molecular weight is 280 g/mol. The lowest BCUT2D eigenvalue weighted by molar-refractivity contribution is -0.139. The molecule has 2 N–H and O–H groups in total. The molecule has 2 amide bonds. The first-order chi connectivity index (χ1) is 9.51. The maximum Gasteiger partial charge on any atom is 0.326 e. The summed E-state index contributed by atoms with van der Waals surface area (Å²) >= 11 is 0. The third-order valence-corrected chi connectivity index (χ3v) is 2.92. The van der Waals surface area contributed by atoms with Crippen LogP contribution in [-0.4, -0.2) is 37.3 Å². The Morgan fingerprint density at radius 1 is 1.40 bits per heavy atom. The lowest BCUT2D eigenvalue weighted by Gasteiger charge is -2.22. The Morgan fingerprint density at radius 3 is 2.60 bits per heavy atom. The van der Waals surface area contributed by atoms with E-state index in [-0.39, 0.29) is 0 Å². The lowest BCUT2D eigenvalue weighted by atomic mass is 10.2. The quantitative estimate of drug-likeness (QED) is 0.836. The molecule has 0 saturated heterocycles. The maximum atomic E-state index is 12.1. The molecule has 1 atom stereocenters. The van der Waals surface area contributed by atoms with Crippen molar-refractivity contribution in [3.63, 3.8) is 0 Å². The van der Waals surface area contributed by atoms with Crippen LogP contribution in [0.1, 0.15) is 19.8 Å². The van der Waals surface area contributed by atoms with E-state index >= 15 is 0 Å². The molecule has 0 spiro atoms. The molecule has 110 valence electrons. The molecular weight excluding hydrogens is 260 g/mol. The Kier molecular flexibility index (Phi) is 5.83. The number of benzene rings is 1. The Bertz CT molecular complexity index is 476. The van der Waals surface area contributed by atoms with Crippen molar-refractivity contribution >= 4 is 17.7 Å². The molecule has 6 nitrogen and oxygen atoms in total. The first-order valence-electron chi connectivity index (χ1n) is 6.41. The van der Waals surface area contributed by atoms with E-state index in [1.165, 1.54) is 12.0 Å². The second-order valence-corrected chi connectivity index (χ2v) is 4.36. The number of para-hydroxylation sites is 2. The maximum absolute atomic E-state index is 12.1. The van der Waals surface area contributed by atoms with Crippen LogP contribution in [0.5, 0.6) is 5.75 Å². The van der Waals surface area contributed by atoms with E-state index in [4.69, 9.17) is 9.84 Å². The van der Waals surface area contributed by atoms with Gasteiger partial charge in [-0.15, -0.1) is 0 Å². The number of ether oxygens (including phenoxy) is 1. The van der Waals surface area contributed by atoms with Crippen LogP contribution in [0.2, 0.25) is 0 Å². The number of carboxylic acid groups (broad SMARTS) is 1. The van der Waals surface area contributed by atoms with Crippen LogP contribution in [0, 0.1) is 0 Å². The predicted molar refractivity (Wildman–Crippen MR) is 76.3 cm³/mol. The molecule has 1 aromatic carbocycles. The SMILES string of the molecule is CCCC(NC(=O)N(C)c1ccccc1OC)C(=O)O. The van der Waals surface area contributed by atoms with Crippen molar-refractivity contribution in [2.45, 2.75) is 25.8 Å². The van der Waals surface area contributed by atoms with Gasteiger partial charge in [0.15, 0.2) is 0 Å². The Morgan fingerprint density at radius 2 is 2.05 bits per heavy atom. The van der Waals surface area contributed by atoms with Crippen LogP contribution in [0.25, 0.3) is 0 Å². The Balaban J connectivity index is 2.83. The van der Waals surface area contributed by atoms with Gasteiger partial charge in [0.1, 0.15) is 11.8 Å². The molecular formula is C14H20N2O4. The van der Waals surface area contributed by atoms with E-state index in [2.05, 4.69) is 5.32 Å². The number of hydrogen-bond donors (Lipinski definition) is 2. The number of urea groups is 1. The summed E-state index contributed by atoms with van der Waals surface area (Å²) in [4.78, 5) is 24.5. The summed E-state index contributed by atoms with van der Waals surface area (Å²) in [5.41, 5.74) is 0.577. The highest BCUT2D eigenvalue weighted by molar-refractivity contribution is 5.95. The molecule has 0 bridgehead atoms. The van der Waals surface area contributed by atoms with E-state index < -0.39 is 18.0 Å². The number of rotatable bonds is 6. The van der Waals surface area contributed by atoms with Crippen LogP contribution in [0.15, 0.2) is 24.3 Å². The van der Waals surface area contributed by atoms with Gasteiger partial charge in [0.2, 0.25) is 0 Å². The molecule has 0 aliphatic heterocycles. The summed E-state index contributed by atoms with van der Waals surface area (Å²) in [5.74, 6) is -0.485. The summed E-state index contributed by atoms with van der Waals surface area (Å²) in [7, 11) is 3.08. The van der Waals surface area contributed by atoms with E-state index in [1.807, 2.05) is 6.92 Å². The lowest BCUT2D eigenvalue weighted by Crippen LogP contribution is -2.46. The normalized spacial score (nSPS) is 11.6. The van der Waals surface area contributed by atoms with E-state index in [0.717, 1.165) is 0 Å². The fourth-order valence-electron chi connectivity index (χ4n) is 1.81. The summed E-state index contributed by atoms with van der Waals surface area (Å²) < 4.78 is 5.18. The number of carbonyl (C=O) groups excluding carboxylic acids is 1. The topological polar surface area (TPSA) is 78.9 Å². The second-order valence-electron chi connectivity index (χ2n) is 4.36. The third kappa shape index (κ3) is 3.88. The summed E-state index contributed by atoms with van der Waals surface area (Å²) in [6.45, 7) is 1.87. The van der Waals surface area contributed by atoms with E-state index in [0.29, 0.717) is 24.3 Å². The molecule has 6 heteroatoms. The first kappa shape index (κ1) is 15.8. The van der Waals surface area contributed by atoms with Gasteiger partial charge in [-0.1, -0.05) is 25.5 Å². The minimum atomic E-state index is -1.03. The molecule has 1 unspecified atom stereocenters. The van der Waals surface area contributed by atoms with Crippen LogP contribution >= 0.6 is 0 Å². The van der Waals surface area contributed by atoms with Crippen molar-refractivity contribution in [3.8, 4) is 5.75 Å². The van der Waals surface area contributed by atoms with Gasteiger partial charge in [-0.25, -0.2) is 9.59 Å². The summed E-state index contributed by atoms with van der Waals surface area (Å²) in [6.07, 6.45) is 1.07. The highest BCUT2D eigenvalue weighted by Crippen LogP contribution is 2.26. The van der Waals surface area contributed by atoms with E-state index in [9.17, 15) is 9.59 Å². The predicted octanol–water partition coefficient (Wildman–Crippen LogP) is 2.09. The number of methoxy groups -OCH3 is 1. The molecule has 0 fully saturated rings. The van der Waals surface area contributed by atoms with Crippen molar-refractivity contribution < 1.29 is 19.4 Å². The molecule has 0 aliphatic rings. The smallest absolute Gasteiger partial charge is 0.326 e. The van der Waals surface area contributed by atoms with Crippen LogP contribution < -0.4 is 15.0 Å². The van der Waals surface area contributed by atoms with Crippen LogP contribution in [-0.2, 0) is 4.79 Å². The van der Waals surface area contributed by atoms with Gasteiger partial charge in [0.25, 0.3) is 0 Å². The van der Waals surface area contributed by atoms with Crippen molar-refractivity contribution in [2.24, 2.45) is 0 Å². The standard InChI is InChI=1S/C14H20N2O4/c1-4-7-10(13(17)18)15-14(19)16(2)11-8-5-6-9-12(11)20-3/h5-6,8-10H,4,7H2,1-3H3,(H,15,19)(H,17,18). The largest absolute Gasteiger partial charge is 0.495 e. The highest BCUT2D eigenvalue weighted by Gasteiger charge is 2.22. The number of nitrogens with zero attached hydrogens (tertiary/aromatic N) is 1. The average Bonchev–Trinajstić information content (AvgIpc) is 2.45. The summed E-state index contributed by atoms with van der Waals surface area (Å²) in [5, 5.41) is 11.5. The molecule has 0 radical (unpaired) electrons. The molecule has 1 rings (SSSR count). The van der Waals surface area contributed by atoms with Crippen LogP contribution in [0.3, 0.4) is 0 Å². The van der Waals surface area contributed by atoms with Crippen molar-refractivity contribution in [2.75, 3.05) is 19.1 Å². The fraction of sp³-hybridized carbons (Fsp3) is 0.429. The number of anilines is 1. The zero-order valence-corrected chi connectivity index (χ0v) is 11.9. The molecule has 0 aromatic heterocycles. The minimum Gasteiger partial charge on any atom is -0.495 e. The van der Waals surface area contributed by atoms with Gasteiger partial charge in [0, 0.05) is 7.05 Å². The molecule has 20 heavy (non-hydrogen) atoms. The van der Waals surface area contributed by atoms with Gasteiger partial charge in [-0.3, -0.25) is 4.90 Å². The Hall–Kier alpha value is -2.24. The number of carbonyl (C=O) groups is 2. The van der Waals surface area contributed by atoms with Crippen molar-refractivity contribution in [1.82, 2.24) is 5.32 Å². The first-order valence-corrected chi connectivity index (χ1v) is 6.41. The van der Waals surface area contributed by atoms with Gasteiger partial charge in [-0.05, 0) is 18.6 Å².